The molecule has 1 N–H and O–H groups in total. The molecule has 0 aliphatic carbocycles. The molecule has 2 aromatic rings. The molecule has 0 bridgehead atoms. The van der Waals surface area contributed by atoms with Crippen molar-refractivity contribution in [2.24, 2.45) is 0 Å². The third-order valence-corrected chi connectivity index (χ3v) is 4.20. The summed E-state index contributed by atoms with van der Waals surface area (Å²) in [6.07, 6.45) is 0.605. The second-order valence-corrected chi connectivity index (χ2v) is 6.34. The first-order chi connectivity index (χ1) is 9.56. The quantitative estimate of drug-likeness (QED) is 0.700. The SMILES string of the molecule is O=C(NCCc1cccc(F)c1)c1cc(Br)ccc1I. The standard InChI is InChI=1S/C15H12BrFINO/c16-11-4-5-14(18)13(9-11)15(20)19-7-6-10-2-1-3-12(17)8-10/h1-5,8-9H,6-7H2,(H,19,20). The summed E-state index contributed by atoms with van der Waals surface area (Å²) in [6.45, 7) is 0.477. The van der Waals surface area contributed by atoms with E-state index in [4.69, 9.17) is 0 Å². The summed E-state index contributed by atoms with van der Waals surface area (Å²) in [4.78, 5) is 12.1. The molecule has 0 saturated carbocycles. The Morgan fingerprint density at radius 1 is 1.25 bits per heavy atom. The van der Waals surface area contributed by atoms with E-state index in [0.29, 0.717) is 18.5 Å². The Kier molecular flexibility index (Phi) is 5.54. The van der Waals surface area contributed by atoms with Gasteiger partial charge in [0.15, 0.2) is 0 Å². The first-order valence-electron chi connectivity index (χ1n) is 6.04. The lowest BCUT2D eigenvalue weighted by Gasteiger charge is -2.07. The molecule has 104 valence electrons. The number of nitrogens with one attached hydrogen (secondary N) is 1. The normalized spacial score (nSPS) is 10.3. The Morgan fingerprint density at radius 3 is 2.80 bits per heavy atom. The first kappa shape index (κ1) is 15.4. The van der Waals surface area contributed by atoms with E-state index < -0.39 is 0 Å². The van der Waals surface area contributed by atoms with Crippen molar-refractivity contribution < 1.29 is 9.18 Å². The maximum atomic E-state index is 13.0. The summed E-state index contributed by atoms with van der Waals surface area (Å²) in [7, 11) is 0. The third kappa shape index (κ3) is 4.28. The van der Waals surface area contributed by atoms with Gasteiger partial charge in [0.2, 0.25) is 0 Å². The van der Waals surface area contributed by atoms with Crippen molar-refractivity contribution in [1.82, 2.24) is 5.32 Å². The third-order valence-electron chi connectivity index (χ3n) is 2.76. The molecule has 5 heteroatoms. The average molecular weight is 448 g/mol. The Hall–Kier alpha value is -0.950. The molecule has 0 heterocycles. The molecule has 0 unspecified atom stereocenters. The van der Waals surface area contributed by atoms with Crippen molar-refractivity contribution in [3.05, 3.63) is 67.5 Å². The van der Waals surface area contributed by atoms with Crippen molar-refractivity contribution in [3.8, 4) is 0 Å². The number of amides is 1. The molecule has 0 aliphatic rings. The summed E-state index contributed by atoms with van der Waals surface area (Å²) in [6, 6.07) is 12.0. The second kappa shape index (κ2) is 7.17. The van der Waals surface area contributed by atoms with Crippen molar-refractivity contribution in [3.63, 3.8) is 0 Å². The van der Waals surface area contributed by atoms with Gasteiger partial charge in [0, 0.05) is 14.6 Å². The molecule has 2 aromatic carbocycles. The van der Waals surface area contributed by atoms with Crippen molar-refractivity contribution >= 4 is 44.4 Å². The van der Waals surface area contributed by atoms with Gasteiger partial charge in [-0.15, -0.1) is 0 Å². The molecule has 0 saturated heterocycles. The van der Waals surface area contributed by atoms with Gasteiger partial charge < -0.3 is 5.32 Å². The van der Waals surface area contributed by atoms with Gasteiger partial charge in [0.25, 0.3) is 5.91 Å². The Bertz CT molecular complexity index is 633. The predicted octanol–water partition coefficient (Wildman–Crippen LogP) is 4.17. The van der Waals surface area contributed by atoms with Crippen LogP contribution in [0.1, 0.15) is 15.9 Å². The second-order valence-electron chi connectivity index (χ2n) is 4.26. The fourth-order valence-electron chi connectivity index (χ4n) is 1.78. The topological polar surface area (TPSA) is 29.1 Å². The molecule has 0 spiro atoms. The van der Waals surface area contributed by atoms with Crippen LogP contribution in [0, 0.1) is 9.39 Å². The molecule has 0 atom stereocenters. The van der Waals surface area contributed by atoms with Crippen LogP contribution in [0.2, 0.25) is 0 Å². The summed E-state index contributed by atoms with van der Waals surface area (Å²) >= 11 is 5.48. The van der Waals surface area contributed by atoms with Crippen LogP contribution in [0.15, 0.2) is 46.9 Å². The fourth-order valence-corrected chi connectivity index (χ4v) is 2.72. The van der Waals surface area contributed by atoms with Crippen LogP contribution in [0.3, 0.4) is 0 Å². The molecule has 0 aromatic heterocycles. The Balaban J connectivity index is 1.94. The zero-order valence-electron chi connectivity index (χ0n) is 10.5. The van der Waals surface area contributed by atoms with Crippen molar-refractivity contribution in [1.29, 1.82) is 0 Å². The lowest BCUT2D eigenvalue weighted by atomic mass is 10.1. The largest absolute Gasteiger partial charge is 0.352 e. The minimum Gasteiger partial charge on any atom is -0.352 e. The molecule has 2 rings (SSSR count). The van der Waals surface area contributed by atoms with Crippen LogP contribution in [-0.4, -0.2) is 12.5 Å². The minimum atomic E-state index is -0.254. The summed E-state index contributed by atoms with van der Waals surface area (Å²) in [5.74, 6) is -0.373. The van der Waals surface area contributed by atoms with Gasteiger partial charge in [-0.1, -0.05) is 28.1 Å². The van der Waals surface area contributed by atoms with Crippen LogP contribution in [0.4, 0.5) is 4.39 Å². The van der Waals surface area contributed by atoms with E-state index in [9.17, 15) is 9.18 Å². The number of carbonyl (C=O) groups excluding carboxylic acids is 1. The van der Waals surface area contributed by atoms with Gasteiger partial charge in [0.1, 0.15) is 5.82 Å². The Labute approximate surface area is 139 Å². The highest BCUT2D eigenvalue weighted by atomic mass is 127. The number of halogens is 3. The van der Waals surface area contributed by atoms with Crippen LogP contribution in [0.5, 0.6) is 0 Å². The van der Waals surface area contributed by atoms with Crippen LogP contribution in [-0.2, 0) is 6.42 Å². The average Bonchev–Trinajstić information content (AvgIpc) is 2.41. The molecular weight excluding hydrogens is 436 g/mol. The summed E-state index contributed by atoms with van der Waals surface area (Å²) in [5.41, 5.74) is 1.51. The van der Waals surface area contributed by atoms with E-state index in [1.165, 1.54) is 12.1 Å². The summed E-state index contributed by atoms with van der Waals surface area (Å²) < 4.78 is 14.8. The minimum absolute atomic E-state index is 0.118. The van der Waals surface area contributed by atoms with Crippen LogP contribution >= 0.6 is 38.5 Å². The van der Waals surface area contributed by atoms with Gasteiger partial charge >= 0.3 is 0 Å². The zero-order chi connectivity index (χ0) is 14.5. The van der Waals surface area contributed by atoms with Gasteiger partial charge in [-0.05, 0) is 64.9 Å². The maximum absolute atomic E-state index is 13.0. The highest BCUT2D eigenvalue weighted by Crippen LogP contribution is 2.18. The predicted molar refractivity (Wildman–Crippen MR) is 89.3 cm³/mol. The van der Waals surface area contributed by atoms with E-state index in [1.807, 2.05) is 18.2 Å². The van der Waals surface area contributed by atoms with Gasteiger partial charge in [-0.2, -0.15) is 0 Å². The lowest BCUT2D eigenvalue weighted by molar-refractivity contribution is 0.0953. The molecule has 20 heavy (non-hydrogen) atoms. The molecule has 1 amide bonds. The molecule has 0 fully saturated rings. The fraction of sp³-hybridized carbons (Fsp3) is 0.133. The maximum Gasteiger partial charge on any atom is 0.252 e. The number of rotatable bonds is 4. The van der Waals surface area contributed by atoms with Gasteiger partial charge in [0.05, 0.1) is 5.56 Å². The highest BCUT2D eigenvalue weighted by molar-refractivity contribution is 14.1. The monoisotopic (exact) mass is 447 g/mol. The van der Waals surface area contributed by atoms with E-state index in [-0.39, 0.29) is 11.7 Å². The zero-order valence-corrected chi connectivity index (χ0v) is 14.2. The molecule has 2 nitrogen and oxygen atoms in total. The van der Waals surface area contributed by atoms with Crippen molar-refractivity contribution in [2.45, 2.75) is 6.42 Å². The number of hydrogen-bond donors (Lipinski definition) is 1. The summed E-state index contributed by atoms with van der Waals surface area (Å²) in [5, 5.41) is 2.85. The van der Waals surface area contributed by atoms with E-state index in [1.54, 1.807) is 12.1 Å². The lowest BCUT2D eigenvalue weighted by Crippen LogP contribution is -2.26. The van der Waals surface area contributed by atoms with Crippen LogP contribution in [0.25, 0.3) is 0 Å². The molecule has 0 aliphatic heterocycles. The van der Waals surface area contributed by atoms with Gasteiger partial charge in [-0.25, -0.2) is 4.39 Å². The first-order valence-corrected chi connectivity index (χ1v) is 7.91. The van der Waals surface area contributed by atoms with E-state index >= 15 is 0 Å². The highest BCUT2D eigenvalue weighted by Gasteiger charge is 2.09. The number of hydrogen-bond acceptors (Lipinski definition) is 1. The Morgan fingerprint density at radius 2 is 2.05 bits per heavy atom. The molecular formula is C15H12BrFINO. The van der Waals surface area contributed by atoms with Crippen LogP contribution < -0.4 is 5.32 Å². The van der Waals surface area contributed by atoms with Crippen molar-refractivity contribution in [2.75, 3.05) is 6.54 Å². The number of carbonyl (C=O) groups is 1. The molecule has 0 radical (unpaired) electrons. The number of benzene rings is 2. The smallest absolute Gasteiger partial charge is 0.252 e. The van der Waals surface area contributed by atoms with Gasteiger partial charge in [-0.3, -0.25) is 4.79 Å². The van der Waals surface area contributed by atoms with E-state index in [2.05, 4.69) is 43.8 Å². The van der Waals surface area contributed by atoms with E-state index in [0.717, 1.165) is 13.6 Å².